The number of piperidine rings is 1. The van der Waals surface area contributed by atoms with Gasteiger partial charge in [-0.3, -0.25) is 9.79 Å². The lowest BCUT2D eigenvalue weighted by Crippen LogP contribution is -2.47. The lowest BCUT2D eigenvalue weighted by atomic mass is 9.97. The molecule has 0 aliphatic carbocycles. The van der Waals surface area contributed by atoms with Gasteiger partial charge in [0, 0.05) is 39.6 Å². The van der Waals surface area contributed by atoms with Crippen molar-refractivity contribution in [2.24, 2.45) is 10.9 Å². The minimum atomic E-state index is -0.0696. The second-order valence-electron chi connectivity index (χ2n) is 5.78. The quantitative estimate of drug-likeness (QED) is 0.296. The van der Waals surface area contributed by atoms with Crippen LogP contribution >= 0.6 is 24.0 Å². The van der Waals surface area contributed by atoms with Gasteiger partial charge < -0.3 is 19.5 Å². The van der Waals surface area contributed by atoms with Crippen molar-refractivity contribution in [1.29, 1.82) is 0 Å². The average Bonchev–Trinajstić information content (AvgIpc) is 3.06. The smallest absolute Gasteiger partial charge is 0.309 e. The van der Waals surface area contributed by atoms with Gasteiger partial charge >= 0.3 is 5.97 Å². The number of carbonyl (C=O) groups is 1. The van der Waals surface area contributed by atoms with Gasteiger partial charge in [-0.25, -0.2) is 0 Å². The van der Waals surface area contributed by atoms with Crippen molar-refractivity contribution in [2.45, 2.75) is 39.7 Å². The molecule has 1 aromatic heterocycles. The molecule has 0 amide bonds. The predicted octanol–water partition coefficient (Wildman–Crippen LogP) is 1.31. The van der Waals surface area contributed by atoms with Gasteiger partial charge in [0.25, 0.3) is 0 Å². The number of guanidine groups is 1. The zero-order valence-electron chi connectivity index (χ0n) is 15.3. The Morgan fingerprint density at radius 1 is 1.40 bits per heavy atom. The average molecular weight is 464 g/mol. The molecule has 8 nitrogen and oxygen atoms in total. The molecule has 1 aliphatic rings. The van der Waals surface area contributed by atoms with Crippen LogP contribution in [0.25, 0.3) is 0 Å². The second-order valence-corrected chi connectivity index (χ2v) is 5.78. The lowest BCUT2D eigenvalue weighted by Gasteiger charge is -2.33. The summed E-state index contributed by atoms with van der Waals surface area (Å²) in [4.78, 5) is 18.4. The third-order valence-corrected chi connectivity index (χ3v) is 4.27. The van der Waals surface area contributed by atoms with Gasteiger partial charge in [0.15, 0.2) is 5.96 Å². The SMILES string of the molecule is CCOC(=O)C1CCN(C(=NC)NCCn2cnnc2CC)CC1.I. The summed E-state index contributed by atoms with van der Waals surface area (Å²) in [6.07, 6.45) is 4.25. The molecular formula is C16H29IN6O2. The first-order valence-electron chi connectivity index (χ1n) is 8.68. The first-order chi connectivity index (χ1) is 11.7. The summed E-state index contributed by atoms with van der Waals surface area (Å²) >= 11 is 0. The number of ether oxygens (including phenoxy) is 1. The van der Waals surface area contributed by atoms with E-state index in [2.05, 4.69) is 32.3 Å². The zero-order chi connectivity index (χ0) is 17.4. The highest BCUT2D eigenvalue weighted by atomic mass is 127. The van der Waals surface area contributed by atoms with E-state index in [0.29, 0.717) is 6.61 Å². The van der Waals surface area contributed by atoms with Gasteiger partial charge in [-0.05, 0) is 19.8 Å². The van der Waals surface area contributed by atoms with E-state index in [-0.39, 0.29) is 35.9 Å². The Hall–Kier alpha value is -1.39. The Labute approximate surface area is 166 Å². The minimum Gasteiger partial charge on any atom is -0.466 e. The van der Waals surface area contributed by atoms with E-state index in [9.17, 15) is 4.79 Å². The van der Waals surface area contributed by atoms with E-state index in [1.807, 2.05) is 11.5 Å². The number of rotatable bonds is 6. The van der Waals surface area contributed by atoms with Crippen LogP contribution in [-0.4, -0.2) is 64.9 Å². The van der Waals surface area contributed by atoms with Crippen LogP contribution in [0.3, 0.4) is 0 Å². The fourth-order valence-electron chi connectivity index (χ4n) is 2.95. The van der Waals surface area contributed by atoms with Gasteiger partial charge in [0.1, 0.15) is 12.2 Å². The fourth-order valence-corrected chi connectivity index (χ4v) is 2.95. The molecule has 1 N–H and O–H groups in total. The maximum Gasteiger partial charge on any atom is 0.309 e. The van der Waals surface area contributed by atoms with E-state index in [4.69, 9.17) is 4.74 Å². The van der Waals surface area contributed by atoms with Crippen LogP contribution in [0, 0.1) is 5.92 Å². The first kappa shape index (κ1) is 21.7. The highest BCUT2D eigenvalue weighted by Gasteiger charge is 2.27. The van der Waals surface area contributed by atoms with E-state index >= 15 is 0 Å². The molecule has 25 heavy (non-hydrogen) atoms. The molecule has 1 aliphatic heterocycles. The Morgan fingerprint density at radius 3 is 2.72 bits per heavy atom. The molecule has 0 aromatic carbocycles. The van der Waals surface area contributed by atoms with Gasteiger partial charge in [0.05, 0.1) is 12.5 Å². The molecule has 0 bridgehead atoms. The zero-order valence-corrected chi connectivity index (χ0v) is 17.6. The molecule has 0 radical (unpaired) electrons. The number of hydrogen-bond acceptors (Lipinski definition) is 5. The monoisotopic (exact) mass is 464 g/mol. The third kappa shape index (κ3) is 6.12. The number of hydrogen-bond donors (Lipinski definition) is 1. The van der Waals surface area contributed by atoms with E-state index < -0.39 is 0 Å². The van der Waals surface area contributed by atoms with Crippen molar-refractivity contribution >= 4 is 35.9 Å². The van der Waals surface area contributed by atoms with Gasteiger partial charge in [0.2, 0.25) is 0 Å². The molecule has 1 saturated heterocycles. The Morgan fingerprint density at radius 2 is 2.12 bits per heavy atom. The Bertz CT molecular complexity index is 555. The van der Waals surface area contributed by atoms with Crippen molar-refractivity contribution < 1.29 is 9.53 Å². The first-order valence-corrected chi connectivity index (χ1v) is 8.68. The summed E-state index contributed by atoms with van der Waals surface area (Å²) in [6, 6.07) is 0. The Kier molecular flexibility index (Phi) is 9.76. The van der Waals surface area contributed by atoms with Crippen LogP contribution in [0.5, 0.6) is 0 Å². The van der Waals surface area contributed by atoms with Crippen molar-refractivity contribution in [2.75, 3.05) is 33.3 Å². The van der Waals surface area contributed by atoms with Crippen LogP contribution in [0.4, 0.5) is 0 Å². The maximum absolute atomic E-state index is 11.8. The Balaban J connectivity index is 0.00000312. The summed E-state index contributed by atoms with van der Waals surface area (Å²) in [5, 5.41) is 11.4. The number of esters is 1. The molecule has 2 heterocycles. The highest BCUT2D eigenvalue weighted by Crippen LogP contribution is 2.18. The molecule has 0 unspecified atom stereocenters. The van der Waals surface area contributed by atoms with Crippen molar-refractivity contribution in [3.63, 3.8) is 0 Å². The number of nitrogens with one attached hydrogen (secondary N) is 1. The number of carbonyl (C=O) groups excluding carboxylic acids is 1. The van der Waals surface area contributed by atoms with Gasteiger partial charge in [-0.15, -0.1) is 34.2 Å². The van der Waals surface area contributed by atoms with E-state index in [1.54, 1.807) is 13.4 Å². The largest absolute Gasteiger partial charge is 0.466 e. The third-order valence-electron chi connectivity index (χ3n) is 4.27. The molecule has 0 atom stereocenters. The van der Waals surface area contributed by atoms with Crippen LogP contribution in [0.1, 0.15) is 32.5 Å². The van der Waals surface area contributed by atoms with Crippen molar-refractivity contribution in [1.82, 2.24) is 25.0 Å². The summed E-state index contributed by atoms with van der Waals surface area (Å²) in [5.74, 6) is 1.81. The van der Waals surface area contributed by atoms with E-state index in [1.165, 1.54) is 0 Å². The number of nitrogens with zero attached hydrogens (tertiary/aromatic N) is 5. The second kappa shape index (κ2) is 11.3. The van der Waals surface area contributed by atoms with E-state index in [0.717, 1.165) is 57.2 Å². The standard InChI is InChI=1S/C16H28N6O2.HI/c1-4-14-20-19-12-22(14)11-8-18-16(17-3)21-9-6-13(7-10-21)15(23)24-5-2;/h12-13H,4-11H2,1-3H3,(H,17,18);1H. The molecule has 0 spiro atoms. The highest BCUT2D eigenvalue weighted by molar-refractivity contribution is 14.0. The predicted molar refractivity (Wildman–Crippen MR) is 107 cm³/mol. The normalized spacial score (nSPS) is 15.6. The maximum atomic E-state index is 11.8. The van der Waals surface area contributed by atoms with Crippen LogP contribution in [-0.2, 0) is 22.5 Å². The number of likely N-dealkylation sites (tertiary alicyclic amines) is 1. The topological polar surface area (TPSA) is 84.6 Å². The van der Waals surface area contributed by atoms with Crippen molar-refractivity contribution in [3.8, 4) is 0 Å². The van der Waals surface area contributed by atoms with Gasteiger partial charge in [-0.2, -0.15) is 0 Å². The lowest BCUT2D eigenvalue weighted by molar-refractivity contribution is -0.149. The van der Waals surface area contributed by atoms with Gasteiger partial charge in [-0.1, -0.05) is 6.92 Å². The molecule has 9 heteroatoms. The molecule has 2 rings (SSSR count). The van der Waals surface area contributed by atoms with Crippen LogP contribution in [0.15, 0.2) is 11.3 Å². The summed E-state index contributed by atoms with van der Waals surface area (Å²) in [5.41, 5.74) is 0. The summed E-state index contributed by atoms with van der Waals surface area (Å²) < 4.78 is 7.16. The number of halogens is 1. The molecule has 0 saturated carbocycles. The van der Waals surface area contributed by atoms with Crippen LogP contribution in [0.2, 0.25) is 0 Å². The summed E-state index contributed by atoms with van der Waals surface area (Å²) in [7, 11) is 1.79. The molecular weight excluding hydrogens is 435 g/mol. The summed E-state index contributed by atoms with van der Waals surface area (Å²) in [6.45, 7) is 7.56. The number of aliphatic imine (C=N–C) groups is 1. The number of aromatic nitrogens is 3. The number of aryl methyl sites for hydroxylation is 1. The fraction of sp³-hybridized carbons (Fsp3) is 0.750. The molecule has 142 valence electrons. The van der Waals surface area contributed by atoms with Crippen molar-refractivity contribution in [3.05, 3.63) is 12.2 Å². The minimum absolute atomic E-state index is 0. The molecule has 1 aromatic rings. The molecule has 1 fully saturated rings. The van der Waals surface area contributed by atoms with Crippen LogP contribution < -0.4 is 5.32 Å².